The van der Waals surface area contributed by atoms with Gasteiger partial charge in [-0.2, -0.15) is 0 Å². The lowest BCUT2D eigenvalue weighted by Crippen LogP contribution is -2.31. The van der Waals surface area contributed by atoms with Gasteiger partial charge in [0.15, 0.2) is 6.61 Å². The van der Waals surface area contributed by atoms with E-state index in [-0.39, 0.29) is 29.9 Å². The van der Waals surface area contributed by atoms with Crippen LogP contribution >= 0.6 is 23.2 Å². The van der Waals surface area contributed by atoms with Crippen molar-refractivity contribution in [2.24, 2.45) is 0 Å². The molecule has 0 N–H and O–H groups in total. The third-order valence-corrected chi connectivity index (χ3v) is 3.86. The number of likely N-dealkylation sites (N-methyl/N-ethyl adjacent to an activating group) is 1. The van der Waals surface area contributed by atoms with Crippen molar-refractivity contribution in [1.82, 2.24) is 4.90 Å². The Morgan fingerprint density at radius 2 is 1.91 bits per heavy atom. The Labute approximate surface area is 138 Å². The molecule has 0 aliphatic carbocycles. The summed E-state index contributed by atoms with van der Waals surface area (Å²) in [4.78, 5) is 13.4. The smallest absolute Gasteiger partial charge is 0.260 e. The average molecular weight is 342 g/mol. The second-order valence-electron chi connectivity index (χ2n) is 4.68. The van der Waals surface area contributed by atoms with Crippen LogP contribution in [0.2, 0.25) is 10.0 Å². The van der Waals surface area contributed by atoms with Gasteiger partial charge < -0.3 is 9.64 Å². The second-order valence-corrected chi connectivity index (χ2v) is 5.47. The van der Waals surface area contributed by atoms with Crippen molar-refractivity contribution in [2.75, 3.05) is 13.7 Å². The molecule has 2 aromatic carbocycles. The lowest BCUT2D eigenvalue weighted by Gasteiger charge is -2.18. The van der Waals surface area contributed by atoms with E-state index in [9.17, 15) is 9.18 Å². The number of ether oxygens (including phenoxy) is 1. The van der Waals surface area contributed by atoms with Gasteiger partial charge in [-0.05, 0) is 18.2 Å². The van der Waals surface area contributed by atoms with E-state index in [0.717, 1.165) is 0 Å². The van der Waals surface area contributed by atoms with Crippen LogP contribution in [0.3, 0.4) is 0 Å². The van der Waals surface area contributed by atoms with Gasteiger partial charge in [-0.3, -0.25) is 4.79 Å². The summed E-state index contributed by atoms with van der Waals surface area (Å²) in [5.74, 6) is -0.304. The topological polar surface area (TPSA) is 29.5 Å². The summed E-state index contributed by atoms with van der Waals surface area (Å²) < 4.78 is 18.9. The zero-order valence-electron chi connectivity index (χ0n) is 11.9. The molecular formula is C16H14Cl2FNO2. The third kappa shape index (κ3) is 4.12. The molecule has 0 unspecified atom stereocenters. The zero-order valence-corrected chi connectivity index (χ0v) is 13.4. The van der Waals surface area contributed by atoms with E-state index in [0.29, 0.717) is 16.3 Å². The molecule has 1 amide bonds. The molecule has 0 spiro atoms. The minimum atomic E-state index is -0.346. The normalized spacial score (nSPS) is 10.4. The van der Waals surface area contributed by atoms with Gasteiger partial charge in [0, 0.05) is 19.2 Å². The number of hydrogen-bond donors (Lipinski definition) is 0. The molecular weight excluding hydrogens is 328 g/mol. The Hall–Kier alpha value is -1.78. The van der Waals surface area contributed by atoms with E-state index in [2.05, 4.69) is 0 Å². The number of nitrogens with zero attached hydrogens (tertiary/aromatic N) is 1. The molecule has 0 aromatic heterocycles. The number of carbonyl (C=O) groups is 1. The van der Waals surface area contributed by atoms with Crippen LogP contribution in [0, 0.1) is 5.82 Å². The Morgan fingerprint density at radius 1 is 1.18 bits per heavy atom. The van der Waals surface area contributed by atoms with Crippen LogP contribution in [0.4, 0.5) is 4.39 Å². The minimum Gasteiger partial charge on any atom is -0.482 e. The van der Waals surface area contributed by atoms with E-state index >= 15 is 0 Å². The lowest BCUT2D eigenvalue weighted by molar-refractivity contribution is -0.132. The summed E-state index contributed by atoms with van der Waals surface area (Å²) in [6.45, 7) is -0.0385. The molecule has 0 aliphatic rings. The van der Waals surface area contributed by atoms with Crippen LogP contribution in [0.1, 0.15) is 5.56 Å². The zero-order chi connectivity index (χ0) is 16.1. The number of amides is 1. The summed E-state index contributed by atoms with van der Waals surface area (Å²) in [5, 5.41) is 0.611. The van der Waals surface area contributed by atoms with Crippen molar-refractivity contribution in [1.29, 1.82) is 0 Å². The summed E-state index contributed by atoms with van der Waals surface area (Å²) in [7, 11) is 1.58. The molecule has 2 aromatic rings. The Kier molecular flexibility index (Phi) is 5.63. The molecule has 22 heavy (non-hydrogen) atoms. The number of carbonyl (C=O) groups excluding carboxylic acids is 1. The highest BCUT2D eigenvalue weighted by atomic mass is 35.5. The predicted molar refractivity (Wildman–Crippen MR) is 84.8 cm³/mol. The van der Waals surface area contributed by atoms with Crippen LogP contribution in [0.5, 0.6) is 5.75 Å². The maximum absolute atomic E-state index is 13.6. The Morgan fingerprint density at radius 3 is 2.64 bits per heavy atom. The lowest BCUT2D eigenvalue weighted by atomic mass is 10.2. The van der Waals surface area contributed by atoms with Crippen molar-refractivity contribution in [2.45, 2.75) is 6.54 Å². The fraction of sp³-hybridized carbons (Fsp3) is 0.188. The van der Waals surface area contributed by atoms with Crippen molar-refractivity contribution in [3.05, 3.63) is 63.9 Å². The van der Waals surface area contributed by atoms with Gasteiger partial charge in [-0.15, -0.1) is 0 Å². The molecule has 0 atom stereocenters. The maximum atomic E-state index is 13.6. The first-order valence-electron chi connectivity index (χ1n) is 6.53. The molecule has 0 saturated heterocycles. The van der Waals surface area contributed by atoms with Gasteiger partial charge >= 0.3 is 0 Å². The minimum absolute atomic E-state index is 0.165. The summed E-state index contributed by atoms with van der Waals surface area (Å²) in [5.41, 5.74) is 0.444. The summed E-state index contributed by atoms with van der Waals surface area (Å²) in [6, 6.07) is 11.2. The molecule has 0 bridgehead atoms. The first-order chi connectivity index (χ1) is 10.5. The molecule has 0 saturated carbocycles. The number of hydrogen-bond acceptors (Lipinski definition) is 2. The SMILES string of the molecule is CN(Cc1ccccc1F)C(=O)COc1cccc(Cl)c1Cl. The summed E-state index contributed by atoms with van der Waals surface area (Å²) >= 11 is 11.8. The fourth-order valence-corrected chi connectivity index (χ4v) is 2.16. The van der Waals surface area contributed by atoms with E-state index < -0.39 is 0 Å². The molecule has 0 heterocycles. The van der Waals surface area contributed by atoms with Crippen LogP contribution in [0.15, 0.2) is 42.5 Å². The first-order valence-corrected chi connectivity index (χ1v) is 7.29. The predicted octanol–water partition coefficient (Wildman–Crippen LogP) is 4.17. The Bertz CT molecular complexity index is 679. The monoisotopic (exact) mass is 341 g/mol. The van der Waals surface area contributed by atoms with E-state index in [1.807, 2.05) is 0 Å². The van der Waals surface area contributed by atoms with E-state index in [1.165, 1.54) is 11.0 Å². The maximum Gasteiger partial charge on any atom is 0.260 e. The van der Waals surface area contributed by atoms with Crippen LogP contribution < -0.4 is 4.74 Å². The van der Waals surface area contributed by atoms with E-state index in [4.69, 9.17) is 27.9 Å². The van der Waals surface area contributed by atoms with Crippen LogP contribution in [-0.4, -0.2) is 24.5 Å². The molecule has 0 fully saturated rings. The van der Waals surface area contributed by atoms with Crippen LogP contribution in [-0.2, 0) is 11.3 Å². The molecule has 116 valence electrons. The van der Waals surface area contributed by atoms with Gasteiger partial charge in [0.1, 0.15) is 16.6 Å². The number of rotatable bonds is 5. The Balaban J connectivity index is 1.94. The highest BCUT2D eigenvalue weighted by Crippen LogP contribution is 2.31. The van der Waals surface area contributed by atoms with E-state index in [1.54, 1.807) is 43.4 Å². The van der Waals surface area contributed by atoms with Gasteiger partial charge in [-0.25, -0.2) is 4.39 Å². The quantitative estimate of drug-likeness (QED) is 0.816. The van der Waals surface area contributed by atoms with Gasteiger partial charge in [-0.1, -0.05) is 47.5 Å². The first kappa shape index (κ1) is 16.6. The van der Waals surface area contributed by atoms with Crippen LogP contribution in [0.25, 0.3) is 0 Å². The van der Waals surface area contributed by atoms with Gasteiger partial charge in [0.25, 0.3) is 5.91 Å². The fourth-order valence-electron chi connectivity index (χ4n) is 1.82. The third-order valence-electron chi connectivity index (χ3n) is 3.06. The molecule has 3 nitrogen and oxygen atoms in total. The molecule has 2 rings (SSSR count). The molecule has 0 radical (unpaired) electrons. The van der Waals surface area contributed by atoms with Crippen molar-refractivity contribution >= 4 is 29.1 Å². The largest absolute Gasteiger partial charge is 0.482 e. The number of benzene rings is 2. The van der Waals surface area contributed by atoms with Gasteiger partial charge in [0.2, 0.25) is 0 Å². The molecule has 0 aliphatic heterocycles. The van der Waals surface area contributed by atoms with Crippen molar-refractivity contribution < 1.29 is 13.9 Å². The average Bonchev–Trinajstić information content (AvgIpc) is 2.50. The van der Waals surface area contributed by atoms with Gasteiger partial charge in [0.05, 0.1) is 5.02 Å². The standard InChI is InChI=1S/C16H14Cl2FNO2/c1-20(9-11-5-2-3-7-13(11)19)15(21)10-22-14-8-4-6-12(17)16(14)18/h2-8H,9-10H2,1H3. The van der Waals surface area contributed by atoms with Crippen molar-refractivity contribution in [3.63, 3.8) is 0 Å². The highest BCUT2D eigenvalue weighted by Gasteiger charge is 2.13. The van der Waals surface area contributed by atoms with Crippen molar-refractivity contribution in [3.8, 4) is 5.75 Å². The second kappa shape index (κ2) is 7.47. The molecule has 6 heteroatoms. The highest BCUT2D eigenvalue weighted by molar-refractivity contribution is 6.42. The summed E-state index contributed by atoms with van der Waals surface area (Å²) in [6.07, 6.45) is 0. The number of halogens is 3.